The Hall–Kier alpha value is -0.810. The van der Waals surface area contributed by atoms with Gasteiger partial charge in [0.2, 0.25) is 0 Å². The molecule has 0 amide bonds. The molecule has 128 valence electrons. The lowest BCUT2D eigenvalue weighted by Crippen LogP contribution is -2.28. The van der Waals surface area contributed by atoms with Gasteiger partial charge in [0.25, 0.3) is 0 Å². The van der Waals surface area contributed by atoms with Crippen LogP contribution < -0.4 is 0 Å². The molecule has 0 aliphatic heterocycles. The maximum Gasteiger partial charge on any atom is 0.133 e. The molecule has 1 unspecified atom stereocenters. The average molecular weight is 317 g/mol. The van der Waals surface area contributed by atoms with Crippen LogP contribution in [0.25, 0.3) is 0 Å². The van der Waals surface area contributed by atoms with E-state index in [-0.39, 0.29) is 5.83 Å². The molecule has 0 aromatic carbocycles. The highest BCUT2D eigenvalue weighted by molar-refractivity contribution is 5.31. The second kappa shape index (κ2) is 7.39. The molecule has 1 atom stereocenters. The lowest BCUT2D eigenvalue weighted by molar-refractivity contribution is 0.135. The summed E-state index contributed by atoms with van der Waals surface area (Å²) in [6, 6.07) is 0. The number of halogens is 1. The Morgan fingerprint density at radius 3 is 2.00 bits per heavy atom. The van der Waals surface area contributed by atoms with E-state index in [1.807, 2.05) is 13.8 Å². The van der Waals surface area contributed by atoms with E-state index in [0.717, 1.165) is 29.7 Å². The molecule has 23 heavy (non-hydrogen) atoms. The van der Waals surface area contributed by atoms with Gasteiger partial charge >= 0.3 is 0 Å². The van der Waals surface area contributed by atoms with Gasteiger partial charge in [-0.3, -0.25) is 0 Å². The summed E-state index contributed by atoms with van der Waals surface area (Å²) in [5, 5.41) is 0. The molecular formula is C22H33F. The third-order valence-electron chi connectivity index (χ3n) is 7.03. The van der Waals surface area contributed by atoms with Crippen molar-refractivity contribution in [3.8, 4) is 0 Å². The first-order valence-electron chi connectivity index (χ1n) is 9.84. The van der Waals surface area contributed by atoms with Crippen LogP contribution in [0, 0.1) is 29.6 Å². The standard InChI is InChI=1S/C22H33F/c1-15-7-9-18(10-8-15)19-11-13-20(14-12-19)21-6-4-5-16(2)22(23)17(21)3/h4,15,18-21H,6-14H2,1-3H3. The topological polar surface area (TPSA) is 0 Å². The molecule has 0 nitrogen and oxygen atoms in total. The predicted molar refractivity (Wildman–Crippen MR) is 95.8 cm³/mol. The number of hydrogen-bond acceptors (Lipinski definition) is 0. The van der Waals surface area contributed by atoms with Gasteiger partial charge in [0, 0.05) is 5.57 Å². The van der Waals surface area contributed by atoms with E-state index in [1.54, 1.807) is 0 Å². The summed E-state index contributed by atoms with van der Waals surface area (Å²) in [5.74, 6) is 3.99. The van der Waals surface area contributed by atoms with Crippen LogP contribution in [0.4, 0.5) is 4.39 Å². The van der Waals surface area contributed by atoms with Crippen molar-refractivity contribution in [2.24, 2.45) is 29.6 Å². The van der Waals surface area contributed by atoms with Gasteiger partial charge in [-0.25, -0.2) is 4.39 Å². The second-order valence-corrected chi connectivity index (χ2v) is 8.51. The molecule has 0 radical (unpaired) electrons. The molecule has 0 N–H and O–H groups in total. The third-order valence-corrected chi connectivity index (χ3v) is 7.03. The molecule has 0 saturated heterocycles. The second-order valence-electron chi connectivity index (χ2n) is 8.51. The lowest BCUT2D eigenvalue weighted by Gasteiger charge is -2.39. The molecule has 0 aromatic heterocycles. The van der Waals surface area contributed by atoms with Crippen molar-refractivity contribution in [1.29, 1.82) is 0 Å². The zero-order valence-electron chi connectivity index (χ0n) is 15.2. The Morgan fingerprint density at radius 2 is 1.39 bits per heavy atom. The lowest BCUT2D eigenvalue weighted by atomic mass is 9.66. The molecule has 0 bridgehead atoms. The van der Waals surface area contributed by atoms with E-state index in [1.165, 1.54) is 51.4 Å². The number of rotatable bonds is 2. The maximum atomic E-state index is 14.4. The summed E-state index contributed by atoms with van der Waals surface area (Å²) in [6.45, 7) is 6.27. The van der Waals surface area contributed by atoms with E-state index in [2.05, 4.69) is 18.7 Å². The fourth-order valence-electron chi connectivity index (χ4n) is 5.36. The molecule has 3 aliphatic rings. The number of allylic oxidation sites excluding steroid dienone is 3. The molecule has 1 heteroatoms. The van der Waals surface area contributed by atoms with Crippen LogP contribution >= 0.6 is 0 Å². The van der Waals surface area contributed by atoms with E-state index in [0.29, 0.717) is 17.4 Å². The van der Waals surface area contributed by atoms with Crippen molar-refractivity contribution < 1.29 is 4.39 Å². The minimum absolute atomic E-state index is 0.00661. The van der Waals surface area contributed by atoms with Crippen LogP contribution in [0.5, 0.6) is 0 Å². The van der Waals surface area contributed by atoms with Crippen molar-refractivity contribution in [3.05, 3.63) is 28.8 Å². The molecule has 3 rings (SSSR count). The van der Waals surface area contributed by atoms with Crippen LogP contribution in [0.1, 0.15) is 78.6 Å². The first-order valence-corrected chi connectivity index (χ1v) is 9.84. The smallest absolute Gasteiger partial charge is 0.133 e. The average Bonchev–Trinajstić information content (AvgIpc) is 2.69. The van der Waals surface area contributed by atoms with Gasteiger partial charge in [-0.2, -0.15) is 0 Å². The molecule has 2 fully saturated rings. The first-order chi connectivity index (χ1) is 11.1. The largest absolute Gasteiger partial charge is 0.206 e. The zero-order valence-corrected chi connectivity index (χ0v) is 15.2. The Kier molecular flexibility index (Phi) is 5.47. The van der Waals surface area contributed by atoms with Crippen molar-refractivity contribution >= 4 is 0 Å². The van der Waals surface area contributed by atoms with Crippen LogP contribution in [0.2, 0.25) is 0 Å². The molecular weight excluding hydrogens is 283 g/mol. The quantitative estimate of drug-likeness (QED) is 0.482. The summed E-state index contributed by atoms with van der Waals surface area (Å²) in [7, 11) is 0. The van der Waals surface area contributed by atoms with Crippen LogP contribution in [-0.2, 0) is 0 Å². The Bertz CT molecular complexity index is 504. The highest BCUT2D eigenvalue weighted by Gasteiger charge is 2.33. The minimum atomic E-state index is 0.00661. The number of hydrogen-bond donors (Lipinski definition) is 0. The van der Waals surface area contributed by atoms with E-state index in [4.69, 9.17) is 0 Å². The van der Waals surface area contributed by atoms with Crippen molar-refractivity contribution in [3.63, 3.8) is 0 Å². The highest BCUT2D eigenvalue weighted by Crippen LogP contribution is 2.45. The van der Waals surface area contributed by atoms with Crippen LogP contribution in [-0.4, -0.2) is 0 Å². The fourth-order valence-corrected chi connectivity index (χ4v) is 5.36. The van der Waals surface area contributed by atoms with E-state index < -0.39 is 0 Å². The summed E-state index contributed by atoms with van der Waals surface area (Å²) < 4.78 is 14.4. The fraction of sp³-hybridized carbons (Fsp3) is 0.773. The third kappa shape index (κ3) is 3.82. The first kappa shape index (κ1) is 17.0. The Morgan fingerprint density at radius 1 is 0.870 bits per heavy atom. The molecule has 0 spiro atoms. The Balaban J connectivity index is 1.58. The molecule has 2 saturated carbocycles. The van der Waals surface area contributed by atoms with Gasteiger partial charge in [-0.1, -0.05) is 19.8 Å². The Labute approximate surface area is 141 Å². The van der Waals surface area contributed by atoms with Gasteiger partial charge in [0.15, 0.2) is 0 Å². The van der Waals surface area contributed by atoms with Crippen LogP contribution in [0.3, 0.4) is 0 Å². The predicted octanol–water partition coefficient (Wildman–Crippen LogP) is 6.98. The maximum absolute atomic E-state index is 14.4. The summed E-state index contributed by atoms with van der Waals surface area (Å²) >= 11 is 0. The molecule has 0 heterocycles. The summed E-state index contributed by atoms with van der Waals surface area (Å²) in [4.78, 5) is 0. The van der Waals surface area contributed by atoms with Gasteiger partial charge in [-0.15, -0.1) is 5.73 Å². The SMILES string of the molecule is CC1=C=CCC(C2CCC(C3CCC(C)CC3)CC2)C(C)=C1F. The van der Waals surface area contributed by atoms with Gasteiger partial charge < -0.3 is 0 Å². The zero-order chi connectivity index (χ0) is 16.4. The van der Waals surface area contributed by atoms with Crippen molar-refractivity contribution in [2.45, 2.75) is 78.6 Å². The van der Waals surface area contributed by atoms with Gasteiger partial charge in [-0.05, 0) is 100 Å². The van der Waals surface area contributed by atoms with E-state index in [9.17, 15) is 4.39 Å². The minimum Gasteiger partial charge on any atom is -0.206 e. The summed E-state index contributed by atoms with van der Waals surface area (Å²) in [6.07, 6.45) is 14.2. The van der Waals surface area contributed by atoms with E-state index >= 15 is 0 Å². The monoisotopic (exact) mass is 316 g/mol. The molecule has 3 aliphatic carbocycles. The normalized spacial score (nSPS) is 39.1. The van der Waals surface area contributed by atoms with Crippen molar-refractivity contribution in [2.75, 3.05) is 0 Å². The summed E-state index contributed by atoms with van der Waals surface area (Å²) in [5.41, 5.74) is 4.79. The van der Waals surface area contributed by atoms with Crippen LogP contribution in [0.15, 0.2) is 28.8 Å². The molecule has 0 aromatic rings. The van der Waals surface area contributed by atoms with Gasteiger partial charge in [0.1, 0.15) is 5.83 Å². The van der Waals surface area contributed by atoms with Crippen molar-refractivity contribution in [1.82, 2.24) is 0 Å². The van der Waals surface area contributed by atoms with Gasteiger partial charge in [0.05, 0.1) is 0 Å². The highest BCUT2D eigenvalue weighted by atomic mass is 19.1.